The molecule has 28 heavy (non-hydrogen) atoms. The maximum absolute atomic E-state index is 12.9. The smallest absolute Gasteiger partial charge is 0.387 e. The summed E-state index contributed by atoms with van der Waals surface area (Å²) >= 11 is 0. The molecule has 150 valence electrons. The van der Waals surface area contributed by atoms with Crippen molar-refractivity contribution >= 4 is 11.6 Å². The van der Waals surface area contributed by atoms with E-state index in [2.05, 4.69) is 9.64 Å². The zero-order valence-corrected chi connectivity index (χ0v) is 15.7. The molecule has 0 aromatic heterocycles. The minimum Gasteiger partial charge on any atom is -0.497 e. The van der Waals surface area contributed by atoms with E-state index in [1.807, 2.05) is 24.3 Å². The average molecular weight is 392 g/mol. The Hall–Kier alpha value is -3.03. The summed E-state index contributed by atoms with van der Waals surface area (Å²) in [5.74, 6) is 0.266. The number of hydrogen-bond acceptors (Lipinski definition) is 5. The van der Waals surface area contributed by atoms with E-state index in [0.29, 0.717) is 26.2 Å². The van der Waals surface area contributed by atoms with Crippen LogP contribution in [0, 0.1) is 0 Å². The highest BCUT2D eigenvalue weighted by molar-refractivity contribution is 5.98. The normalized spacial score (nSPS) is 14.2. The molecule has 0 unspecified atom stereocenters. The number of nitrogens with zero attached hydrogens (tertiary/aromatic N) is 2. The minimum absolute atomic E-state index is 0.0643. The maximum atomic E-state index is 12.9. The van der Waals surface area contributed by atoms with Gasteiger partial charge >= 0.3 is 6.61 Å². The lowest BCUT2D eigenvalue weighted by Crippen LogP contribution is -2.48. The van der Waals surface area contributed by atoms with Gasteiger partial charge in [0.15, 0.2) is 11.5 Å². The van der Waals surface area contributed by atoms with Crippen molar-refractivity contribution < 1.29 is 27.8 Å². The largest absolute Gasteiger partial charge is 0.497 e. The first kappa shape index (κ1) is 19.7. The second kappa shape index (κ2) is 8.77. The van der Waals surface area contributed by atoms with Crippen molar-refractivity contribution in [1.82, 2.24) is 4.90 Å². The third kappa shape index (κ3) is 4.27. The van der Waals surface area contributed by atoms with Gasteiger partial charge in [-0.2, -0.15) is 8.78 Å². The number of ether oxygens (including phenoxy) is 3. The Morgan fingerprint density at radius 1 is 1.00 bits per heavy atom. The lowest BCUT2D eigenvalue weighted by molar-refractivity contribution is -0.0516. The van der Waals surface area contributed by atoms with Crippen LogP contribution in [0.3, 0.4) is 0 Å². The molecule has 2 aromatic carbocycles. The zero-order valence-electron chi connectivity index (χ0n) is 15.7. The summed E-state index contributed by atoms with van der Waals surface area (Å²) in [6, 6.07) is 12.2. The van der Waals surface area contributed by atoms with Gasteiger partial charge in [-0.1, -0.05) is 12.1 Å². The molecule has 0 N–H and O–H groups in total. The van der Waals surface area contributed by atoms with Crippen LogP contribution in [0.5, 0.6) is 17.2 Å². The molecule has 8 heteroatoms. The van der Waals surface area contributed by atoms with Gasteiger partial charge in [0.1, 0.15) is 5.75 Å². The predicted molar refractivity (Wildman–Crippen MR) is 101 cm³/mol. The summed E-state index contributed by atoms with van der Waals surface area (Å²) < 4.78 is 40.5. The highest BCUT2D eigenvalue weighted by Gasteiger charge is 2.27. The molecule has 0 aliphatic carbocycles. The van der Waals surface area contributed by atoms with Gasteiger partial charge in [0.2, 0.25) is 0 Å². The minimum atomic E-state index is -3.05. The van der Waals surface area contributed by atoms with Gasteiger partial charge in [-0.3, -0.25) is 4.79 Å². The monoisotopic (exact) mass is 392 g/mol. The molecule has 1 amide bonds. The number of alkyl halides is 2. The third-order valence-corrected chi connectivity index (χ3v) is 4.62. The molecule has 0 radical (unpaired) electrons. The number of methoxy groups -OCH3 is 2. The van der Waals surface area contributed by atoms with Crippen molar-refractivity contribution in [2.24, 2.45) is 0 Å². The molecule has 6 nitrogen and oxygen atoms in total. The summed E-state index contributed by atoms with van der Waals surface area (Å²) in [7, 11) is 2.96. The van der Waals surface area contributed by atoms with Crippen LogP contribution in [-0.4, -0.2) is 57.8 Å². The first-order valence-electron chi connectivity index (χ1n) is 8.83. The Balaban J connectivity index is 1.73. The molecule has 1 aliphatic heterocycles. The molecule has 3 rings (SSSR count). The summed E-state index contributed by atoms with van der Waals surface area (Å²) in [5, 5.41) is 0. The summed E-state index contributed by atoms with van der Waals surface area (Å²) in [6.07, 6.45) is 0. The van der Waals surface area contributed by atoms with Crippen molar-refractivity contribution in [3.8, 4) is 17.2 Å². The molecule has 0 atom stereocenters. The van der Waals surface area contributed by atoms with E-state index in [4.69, 9.17) is 9.47 Å². The topological polar surface area (TPSA) is 51.2 Å². The van der Waals surface area contributed by atoms with Gasteiger partial charge in [-0.05, 0) is 24.3 Å². The molecule has 1 aliphatic rings. The summed E-state index contributed by atoms with van der Waals surface area (Å²) in [4.78, 5) is 16.7. The van der Waals surface area contributed by atoms with E-state index < -0.39 is 6.61 Å². The number of carbonyl (C=O) groups excluding carboxylic acids is 1. The Morgan fingerprint density at radius 2 is 1.71 bits per heavy atom. The van der Waals surface area contributed by atoms with Gasteiger partial charge in [-0.25, -0.2) is 0 Å². The highest BCUT2D eigenvalue weighted by Crippen LogP contribution is 2.33. The quantitative estimate of drug-likeness (QED) is 0.755. The number of rotatable bonds is 6. The fourth-order valence-corrected chi connectivity index (χ4v) is 3.20. The predicted octanol–water partition coefficient (Wildman–Crippen LogP) is 3.27. The number of carbonyl (C=O) groups is 1. The number of amides is 1. The van der Waals surface area contributed by atoms with Crippen molar-refractivity contribution in [2.75, 3.05) is 45.3 Å². The van der Waals surface area contributed by atoms with Gasteiger partial charge in [-0.15, -0.1) is 0 Å². The molecule has 0 bridgehead atoms. The standard InChI is InChI=1S/C20H22F2N2O4/c1-26-15-6-3-5-14(13-15)23-9-11-24(12-10-23)19(25)16-7-4-8-17(27-2)18(16)28-20(21)22/h3-8,13,20H,9-12H2,1-2H3. The Labute approximate surface area is 162 Å². The van der Waals surface area contributed by atoms with Crippen molar-refractivity contribution in [3.63, 3.8) is 0 Å². The molecule has 2 aromatic rings. The zero-order chi connectivity index (χ0) is 20.1. The molecule has 1 heterocycles. The van der Waals surface area contributed by atoms with E-state index in [-0.39, 0.29) is 23.0 Å². The Bertz CT molecular complexity index is 824. The van der Waals surface area contributed by atoms with Crippen LogP contribution in [0.2, 0.25) is 0 Å². The van der Waals surface area contributed by atoms with Crippen LogP contribution in [0.25, 0.3) is 0 Å². The lowest BCUT2D eigenvalue weighted by atomic mass is 10.1. The lowest BCUT2D eigenvalue weighted by Gasteiger charge is -2.36. The molecular weight excluding hydrogens is 370 g/mol. The van der Waals surface area contributed by atoms with Crippen LogP contribution in [0.4, 0.5) is 14.5 Å². The van der Waals surface area contributed by atoms with Crippen molar-refractivity contribution in [3.05, 3.63) is 48.0 Å². The number of halogens is 2. The van der Waals surface area contributed by atoms with Crippen LogP contribution in [0.1, 0.15) is 10.4 Å². The van der Waals surface area contributed by atoms with E-state index >= 15 is 0 Å². The van der Waals surface area contributed by atoms with Crippen LogP contribution in [-0.2, 0) is 0 Å². The van der Waals surface area contributed by atoms with Crippen molar-refractivity contribution in [2.45, 2.75) is 6.61 Å². The van der Waals surface area contributed by atoms with Crippen molar-refractivity contribution in [1.29, 1.82) is 0 Å². The van der Waals surface area contributed by atoms with E-state index in [1.54, 1.807) is 18.1 Å². The average Bonchev–Trinajstić information content (AvgIpc) is 2.73. The Morgan fingerprint density at radius 3 is 2.36 bits per heavy atom. The second-order valence-electron chi connectivity index (χ2n) is 6.20. The fourth-order valence-electron chi connectivity index (χ4n) is 3.20. The van der Waals surface area contributed by atoms with E-state index in [0.717, 1.165) is 11.4 Å². The first-order chi connectivity index (χ1) is 13.5. The number of para-hydroxylation sites is 1. The molecule has 1 saturated heterocycles. The molecule has 1 fully saturated rings. The third-order valence-electron chi connectivity index (χ3n) is 4.62. The van der Waals surface area contributed by atoms with Crippen LogP contribution >= 0.6 is 0 Å². The van der Waals surface area contributed by atoms with Gasteiger partial charge in [0.25, 0.3) is 5.91 Å². The van der Waals surface area contributed by atoms with E-state index in [1.165, 1.54) is 19.2 Å². The van der Waals surface area contributed by atoms with E-state index in [9.17, 15) is 13.6 Å². The summed E-state index contributed by atoms with van der Waals surface area (Å²) in [6.45, 7) is -0.891. The van der Waals surface area contributed by atoms with Gasteiger partial charge in [0, 0.05) is 37.9 Å². The number of hydrogen-bond donors (Lipinski definition) is 0. The maximum Gasteiger partial charge on any atom is 0.387 e. The number of piperazine rings is 1. The molecule has 0 spiro atoms. The summed E-state index contributed by atoms with van der Waals surface area (Å²) in [5.41, 5.74) is 1.07. The number of benzene rings is 2. The second-order valence-corrected chi connectivity index (χ2v) is 6.20. The SMILES string of the molecule is COc1cccc(N2CCN(C(=O)c3cccc(OC)c3OC(F)F)CC2)c1. The Kier molecular flexibility index (Phi) is 6.18. The van der Waals surface area contributed by atoms with Gasteiger partial charge < -0.3 is 24.0 Å². The fraction of sp³-hybridized carbons (Fsp3) is 0.350. The molecular formula is C20H22F2N2O4. The molecule has 0 saturated carbocycles. The highest BCUT2D eigenvalue weighted by atomic mass is 19.3. The first-order valence-corrected chi connectivity index (χ1v) is 8.83. The van der Waals surface area contributed by atoms with Crippen LogP contribution < -0.4 is 19.1 Å². The van der Waals surface area contributed by atoms with Gasteiger partial charge in [0.05, 0.1) is 19.8 Å². The van der Waals surface area contributed by atoms with Crippen LogP contribution in [0.15, 0.2) is 42.5 Å². The number of anilines is 1.